The van der Waals surface area contributed by atoms with Gasteiger partial charge in [0.05, 0.1) is 17.1 Å². The van der Waals surface area contributed by atoms with E-state index in [2.05, 4.69) is 23.4 Å². The van der Waals surface area contributed by atoms with Gasteiger partial charge in [-0.3, -0.25) is 4.79 Å². The van der Waals surface area contributed by atoms with Crippen molar-refractivity contribution in [2.75, 3.05) is 6.54 Å². The number of rotatable bonds is 7. The highest BCUT2D eigenvalue weighted by Crippen LogP contribution is 2.33. The summed E-state index contributed by atoms with van der Waals surface area (Å²) >= 11 is 12.5. The minimum atomic E-state index is -0.119. The maximum Gasteiger partial charge on any atom is 0.255 e. The van der Waals surface area contributed by atoms with Gasteiger partial charge in [-0.1, -0.05) is 49.9 Å². The second kappa shape index (κ2) is 9.58. The van der Waals surface area contributed by atoms with Crippen LogP contribution in [-0.2, 0) is 6.54 Å². The molecule has 0 radical (unpaired) electrons. The first kappa shape index (κ1) is 22.1. The maximum atomic E-state index is 13.5. The van der Waals surface area contributed by atoms with Crippen LogP contribution in [0.4, 0.5) is 0 Å². The molecule has 0 bridgehead atoms. The van der Waals surface area contributed by atoms with Crippen molar-refractivity contribution in [1.29, 1.82) is 0 Å². The topological polar surface area (TPSA) is 51.0 Å². The van der Waals surface area contributed by atoms with Gasteiger partial charge in [0.2, 0.25) is 0 Å². The van der Waals surface area contributed by atoms with Gasteiger partial charge in [-0.25, -0.2) is 9.97 Å². The molecule has 0 saturated heterocycles. The van der Waals surface area contributed by atoms with E-state index in [9.17, 15) is 4.79 Å². The maximum absolute atomic E-state index is 13.5. The summed E-state index contributed by atoms with van der Waals surface area (Å²) in [6.07, 6.45) is 7.37. The molecule has 1 aliphatic carbocycles. The van der Waals surface area contributed by atoms with Crippen molar-refractivity contribution in [3.63, 3.8) is 0 Å². The van der Waals surface area contributed by atoms with Crippen LogP contribution in [0.3, 0.4) is 0 Å². The second-order valence-corrected chi connectivity index (χ2v) is 9.56. The Labute approximate surface area is 193 Å². The molecule has 3 aromatic rings. The van der Waals surface area contributed by atoms with E-state index in [4.69, 9.17) is 28.2 Å². The summed E-state index contributed by atoms with van der Waals surface area (Å²) in [6.45, 7) is 5.36. The highest BCUT2D eigenvalue weighted by molar-refractivity contribution is 6.35. The Morgan fingerprint density at radius 2 is 2.00 bits per heavy atom. The number of halogens is 2. The van der Waals surface area contributed by atoms with Crippen LogP contribution < -0.4 is 0 Å². The molecule has 0 N–H and O–H groups in total. The molecule has 1 aliphatic rings. The zero-order valence-electron chi connectivity index (χ0n) is 18.0. The number of hydrogen-bond donors (Lipinski definition) is 0. The fourth-order valence-electron chi connectivity index (χ4n) is 4.30. The molecule has 1 amide bonds. The molecule has 164 valence electrons. The van der Waals surface area contributed by atoms with Crippen molar-refractivity contribution >= 4 is 40.3 Å². The molecule has 0 atom stereocenters. The first-order valence-electron chi connectivity index (χ1n) is 11.0. The van der Waals surface area contributed by atoms with Crippen molar-refractivity contribution < 1.29 is 4.79 Å². The smallest absolute Gasteiger partial charge is 0.255 e. The van der Waals surface area contributed by atoms with Gasteiger partial charge >= 0.3 is 0 Å². The first-order valence-corrected chi connectivity index (χ1v) is 11.8. The lowest BCUT2D eigenvalue weighted by molar-refractivity contribution is 0.0728. The summed E-state index contributed by atoms with van der Waals surface area (Å²) in [7, 11) is 0. The zero-order valence-corrected chi connectivity index (χ0v) is 19.5. The van der Waals surface area contributed by atoms with E-state index < -0.39 is 0 Å². The van der Waals surface area contributed by atoms with Crippen LogP contribution in [0.25, 0.3) is 11.2 Å². The minimum absolute atomic E-state index is 0.119. The third kappa shape index (κ3) is 4.88. The Kier molecular flexibility index (Phi) is 6.83. The molecule has 1 saturated carbocycles. The van der Waals surface area contributed by atoms with Crippen molar-refractivity contribution in [3.8, 4) is 0 Å². The standard InChI is InChI=1S/C24H28Cl2N4O/c1-16(2)11-13-29(24(31)19-14-17(25)9-10-20(19)26)15-22-28-21-8-5-12-27-23(21)30(22)18-6-3-4-7-18/h5,8-10,12,14,16,18H,3-4,6-7,11,13,15H2,1-2H3. The average molecular weight is 459 g/mol. The van der Waals surface area contributed by atoms with Crippen LogP contribution in [0.15, 0.2) is 36.5 Å². The Balaban J connectivity index is 1.71. The Morgan fingerprint density at radius 3 is 2.74 bits per heavy atom. The number of nitrogens with zero attached hydrogens (tertiary/aromatic N) is 4. The fourth-order valence-corrected chi connectivity index (χ4v) is 4.67. The van der Waals surface area contributed by atoms with E-state index >= 15 is 0 Å². The molecule has 7 heteroatoms. The molecule has 2 aromatic heterocycles. The predicted molar refractivity (Wildman–Crippen MR) is 126 cm³/mol. The van der Waals surface area contributed by atoms with Gasteiger partial charge in [0.25, 0.3) is 5.91 Å². The Bertz CT molecular complexity index is 1070. The van der Waals surface area contributed by atoms with Gasteiger partial charge in [0, 0.05) is 23.8 Å². The predicted octanol–water partition coefficient (Wildman–Crippen LogP) is 6.54. The molecule has 4 rings (SSSR count). The van der Waals surface area contributed by atoms with E-state index in [0.29, 0.717) is 40.7 Å². The largest absolute Gasteiger partial charge is 0.331 e. The van der Waals surface area contributed by atoms with Gasteiger partial charge in [-0.05, 0) is 55.5 Å². The van der Waals surface area contributed by atoms with Crippen molar-refractivity contribution in [1.82, 2.24) is 19.4 Å². The number of aromatic nitrogens is 3. The third-order valence-electron chi connectivity index (χ3n) is 5.97. The molecule has 1 aromatic carbocycles. The molecule has 1 fully saturated rings. The lowest BCUT2D eigenvalue weighted by Gasteiger charge is -2.25. The zero-order chi connectivity index (χ0) is 22.0. The number of benzene rings is 1. The van der Waals surface area contributed by atoms with Gasteiger partial charge in [0.1, 0.15) is 11.3 Å². The average Bonchev–Trinajstić information content (AvgIpc) is 3.39. The van der Waals surface area contributed by atoms with E-state index in [-0.39, 0.29) is 5.91 Å². The number of pyridine rings is 1. The van der Waals surface area contributed by atoms with Crippen molar-refractivity contribution in [2.24, 2.45) is 5.92 Å². The Hall–Kier alpha value is -2.11. The van der Waals surface area contributed by atoms with Gasteiger partial charge in [-0.2, -0.15) is 0 Å². The van der Waals surface area contributed by atoms with Crippen LogP contribution in [0.2, 0.25) is 10.0 Å². The number of carbonyl (C=O) groups excluding carboxylic acids is 1. The number of amides is 1. The molecular weight excluding hydrogens is 431 g/mol. The monoisotopic (exact) mass is 458 g/mol. The second-order valence-electron chi connectivity index (χ2n) is 8.72. The molecule has 0 spiro atoms. The number of imidazole rings is 1. The molecule has 0 unspecified atom stereocenters. The summed E-state index contributed by atoms with van der Waals surface area (Å²) in [4.78, 5) is 24.9. The van der Waals surface area contributed by atoms with Gasteiger partial charge in [0.15, 0.2) is 5.65 Å². The van der Waals surface area contributed by atoms with Crippen LogP contribution in [0.1, 0.15) is 68.2 Å². The third-order valence-corrected chi connectivity index (χ3v) is 6.53. The molecule has 0 aliphatic heterocycles. The number of hydrogen-bond acceptors (Lipinski definition) is 3. The lowest BCUT2D eigenvalue weighted by Crippen LogP contribution is -2.33. The summed E-state index contributed by atoms with van der Waals surface area (Å²) in [5.74, 6) is 1.24. The van der Waals surface area contributed by atoms with E-state index in [1.54, 1.807) is 18.2 Å². The van der Waals surface area contributed by atoms with E-state index in [1.165, 1.54) is 12.8 Å². The van der Waals surface area contributed by atoms with Crippen LogP contribution in [0.5, 0.6) is 0 Å². The minimum Gasteiger partial charge on any atom is -0.331 e. The van der Waals surface area contributed by atoms with E-state index in [1.807, 2.05) is 23.2 Å². The normalized spacial score (nSPS) is 14.6. The lowest BCUT2D eigenvalue weighted by atomic mass is 10.1. The fraction of sp³-hybridized carbons (Fsp3) is 0.458. The van der Waals surface area contributed by atoms with Crippen molar-refractivity contribution in [2.45, 2.75) is 58.5 Å². The first-order chi connectivity index (χ1) is 14.9. The van der Waals surface area contributed by atoms with Gasteiger partial charge < -0.3 is 9.47 Å². The SMILES string of the molecule is CC(C)CCN(Cc1nc2cccnc2n1C1CCCC1)C(=O)c1cc(Cl)ccc1Cl. The highest BCUT2D eigenvalue weighted by atomic mass is 35.5. The van der Waals surface area contributed by atoms with Gasteiger partial charge in [-0.15, -0.1) is 0 Å². The number of fused-ring (bicyclic) bond motifs is 1. The van der Waals surface area contributed by atoms with Crippen LogP contribution >= 0.6 is 23.2 Å². The molecule has 31 heavy (non-hydrogen) atoms. The van der Waals surface area contributed by atoms with E-state index in [0.717, 1.165) is 36.3 Å². The molecular formula is C24H28Cl2N4O. The summed E-state index contributed by atoms with van der Waals surface area (Å²) in [6, 6.07) is 9.30. The summed E-state index contributed by atoms with van der Waals surface area (Å²) in [5.41, 5.74) is 2.21. The van der Waals surface area contributed by atoms with Crippen LogP contribution in [0, 0.1) is 5.92 Å². The molecule has 5 nitrogen and oxygen atoms in total. The highest BCUT2D eigenvalue weighted by Gasteiger charge is 2.26. The summed E-state index contributed by atoms with van der Waals surface area (Å²) in [5, 5.41) is 0.911. The quantitative estimate of drug-likeness (QED) is 0.403. The number of carbonyl (C=O) groups is 1. The Morgan fingerprint density at radius 1 is 1.23 bits per heavy atom. The molecule has 2 heterocycles. The summed E-state index contributed by atoms with van der Waals surface area (Å²) < 4.78 is 2.26. The van der Waals surface area contributed by atoms with Crippen LogP contribution in [-0.4, -0.2) is 31.9 Å². The van der Waals surface area contributed by atoms with Crippen molar-refractivity contribution in [3.05, 3.63) is 58.0 Å².